The average Bonchev–Trinajstić information content (AvgIpc) is 3.31. The molecule has 0 spiro atoms. The quantitative estimate of drug-likeness (QED) is 0.296. The topological polar surface area (TPSA) is 131 Å². The lowest BCUT2D eigenvalue weighted by molar-refractivity contribution is 0.0983. The van der Waals surface area contributed by atoms with E-state index in [9.17, 15) is 8.42 Å². The zero-order chi connectivity index (χ0) is 27.4. The summed E-state index contributed by atoms with van der Waals surface area (Å²) in [5, 5.41) is 7.69. The lowest BCUT2D eigenvalue weighted by atomic mass is 10.2. The zero-order valence-corrected chi connectivity index (χ0v) is 22.9. The molecule has 3 aromatic heterocycles. The molecule has 200 valence electrons. The first-order chi connectivity index (χ1) is 18.2. The number of sulfone groups is 1. The van der Waals surface area contributed by atoms with Gasteiger partial charge in [-0.15, -0.1) is 10.2 Å². The third kappa shape index (κ3) is 5.36. The van der Waals surface area contributed by atoms with Crippen LogP contribution in [0.25, 0.3) is 17.2 Å². The van der Waals surface area contributed by atoms with E-state index in [1.54, 1.807) is 48.9 Å². The number of rotatable bonds is 10. The SMILES string of the molecule is COc1cccc(OC)c1-n1c(CS(=O)(=O)[C@@H](C)[C@@H](OC)c2cnc(C)cn2)nnc1-c1cccc(C)n1. The van der Waals surface area contributed by atoms with Crippen molar-refractivity contribution in [1.82, 2.24) is 29.7 Å². The monoisotopic (exact) mass is 538 g/mol. The smallest absolute Gasteiger partial charge is 0.187 e. The van der Waals surface area contributed by atoms with Crippen LogP contribution in [0.4, 0.5) is 0 Å². The molecule has 4 rings (SSSR count). The Labute approximate surface area is 221 Å². The van der Waals surface area contributed by atoms with E-state index in [0.717, 1.165) is 11.4 Å². The lowest BCUT2D eigenvalue weighted by Gasteiger charge is -2.22. The van der Waals surface area contributed by atoms with Crippen molar-refractivity contribution in [2.24, 2.45) is 0 Å². The molecule has 12 heteroatoms. The van der Waals surface area contributed by atoms with E-state index in [-0.39, 0.29) is 5.82 Å². The molecule has 0 bridgehead atoms. The summed E-state index contributed by atoms with van der Waals surface area (Å²) in [5.41, 5.74) is 2.90. The lowest BCUT2D eigenvalue weighted by Crippen LogP contribution is -2.29. The number of para-hydroxylation sites is 1. The molecule has 0 aliphatic carbocycles. The largest absolute Gasteiger partial charge is 0.494 e. The van der Waals surface area contributed by atoms with Crippen molar-refractivity contribution in [3.8, 4) is 28.7 Å². The number of aromatic nitrogens is 6. The summed E-state index contributed by atoms with van der Waals surface area (Å²) in [6, 6.07) is 10.8. The second-order valence-corrected chi connectivity index (χ2v) is 11.1. The summed E-state index contributed by atoms with van der Waals surface area (Å²) in [4.78, 5) is 13.1. The number of aryl methyl sites for hydroxylation is 2. The summed E-state index contributed by atoms with van der Waals surface area (Å²) in [6.07, 6.45) is 2.27. The normalized spacial score (nSPS) is 13.2. The first-order valence-electron chi connectivity index (χ1n) is 11.8. The minimum atomic E-state index is -3.85. The fourth-order valence-corrected chi connectivity index (χ4v) is 5.57. The third-order valence-electron chi connectivity index (χ3n) is 6.14. The molecule has 4 aromatic rings. The average molecular weight is 539 g/mol. The van der Waals surface area contributed by atoms with Gasteiger partial charge in [-0.05, 0) is 45.0 Å². The van der Waals surface area contributed by atoms with Gasteiger partial charge in [-0.1, -0.05) is 12.1 Å². The molecular formula is C26H30N6O5S. The number of ether oxygens (including phenoxy) is 3. The van der Waals surface area contributed by atoms with Gasteiger partial charge >= 0.3 is 0 Å². The molecule has 0 aliphatic heterocycles. The summed E-state index contributed by atoms with van der Waals surface area (Å²) in [5.74, 6) is 0.988. The van der Waals surface area contributed by atoms with E-state index in [4.69, 9.17) is 14.2 Å². The van der Waals surface area contributed by atoms with Gasteiger partial charge in [0.1, 0.15) is 34.7 Å². The predicted octanol–water partition coefficient (Wildman–Crippen LogP) is 3.44. The number of nitrogens with zero attached hydrogens (tertiary/aromatic N) is 6. The Morgan fingerprint density at radius 1 is 0.895 bits per heavy atom. The van der Waals surface area contributed by atoms with Crippen LogP contribution in [0.5, 0.6) is 11.5 Å². The highest BCUT2D eigenvalue weighted by Gasteiger charge is 2.35. The molecule has 2 atom stereocenters. The molecule has 0 amide bonds. The highest BCUT2D eigenvalue weighted by atomic mass is 32.2. The summed E-state index contributed by atoms with van der Waals surface area (Å²) >= 11 is 0. The van der Waals surface area contributed by atoms with Gasteiger partial charge < -0.3 is 14.2 Å². The predicted molar refractivity (Wildman–Crippen MR) is 141 cm³/mol. The molecule has 38 heavy (non-hydrogen) atoms. The number of benzene rings is 1. The van der Waals surface area contributed by atoms with Gasteiger partial charge in [0.25, 0.3) is 0 Å². The van der Waals surface area contributed by atoms with Gasteiger partial charge in [0.2, 0.25) is 0 Å². The van der Waals surface area contributed by atoms with Crippen LogP contribution in [0.3, 0.4) is 0 Å². The van der Waals surface area contributed by atoms with E-state index in [2.05, 4.69) is 25.1 Å². The standard InChI is InChI=1S/C26H30N6O5S/c1-16-9-7-10-19(29-16)26-31-30-23(32(26)24-21(35-4)11-8-12-22(24)36-5)15-38(33,34)18(3)25(37-6)20-14-27-17(2)13-28-20/h7-14,18,25H,15H2,1-6H3/t18-,25+/m0/s1. The fourth-order valence-electron chi connectivity index (χ4n) is 4.13. The number of pyridine rings is 1. The molecule has 0 unspecified atom stereocenters. The first-order valence-corrected chi connectivity index (χ1v) is 13.5. The van der Waals surface area contributed by atoms with E-state index in [1.165, 1.54) is 27.5 Å². The summed E-state index contributed by atoms with van der Waals surface area (Å²) < 4.78 is 45.9. The maximum Gasteiger partial charge on any atom is 0.187 e. The molecule has 0 N–H and O–H groups in total. The zero-order valence-electron chi connectivity index (χ0n) is 22.1. The maximum atomic E-state index is 13.7. The summed E-state index contributed by atoms with van der Waals surface area (Å²) in [6.45, 7) is 5.25. The Balaban J connectivity index is 1.84. The molecule has 11 nitrogen and oxygen atoms in total. The van der Waals surface area contributed by atoms with Crippen LogP contribution in [0.1, 0.15) is 35.9 Å². The van der Waals surface area contributed by atoms with Crippen LogP contribution in [-0.4, -0.2) is 64.7 Å². The highest BCUT2D eigenvalue weighted by molar-refractivity contribution is 7.91. The number of methoxy groups -OCH3 is 3. The van der Waals surface area contributed by atoms with Gasteiger partial charge in [-0.3, -0.25) is 14.5 Å². The number of hydrogen-bond donors (Lipinski definition) is 0. The minimum Gasteiger partial charge on any atom is -0.494 e. The Kier molecular flexibility index (Phi) is 8.02. The highest BCUT2D eigenvalue weighted by Crippen LogP contribution is 2.37. The van der Waals surface area contributed by atoms with E-state index < -0.39 is 26.9 Å². The van der Waals surface area contributed by atoms with Crippen LogP contribution in [0.2, 0.25) is 0 Å². The first kappa shape index (κ1) is 27.1. The van der Waals surface area contributed by atoms with Gasteiger partial charge in [-0.25, -0.2) is 13.4 Å². The van der Waals surface area contributed by atoms with Crippen molar-refractivity contribution in [3.63, 3.8) is 0 Å². The van der Waals surface area contributed by atoms with Crippen LogP contribution in [0, 0.1) is 13.8 Å². The van der Waals surface area contributed by atoms with Crippen molar-refractivity contribution in [1.29, 1.82) is 0 Å². The number of hydrogen-bond acceptors (Lipinski definition) is 10. The second kappa shape index (κ2) is 11.2. The molecule has 3 heterocycles. The fraction of sp³-hybridized carbons (Fsp3) is 0.346. The Hall–Kier alpha value is -3.90. The molecule has 0 saturated heterocycles. The van der Waals surface area contributed by atoms with Crippen molar-refractivity contribution in [3.05, 3.63) is 71.7 Å². The molecule has 0 fully saturated rings. The van der Waals surface area contributed by atoms with Crippen molar-refractivity contribution < 1.29 is 22.6 Å². The van der Waals surface area contributed by atoms with Gasteiger partial charge in [0.05, 0.1) is 37.1 Å². The third-order valence-corrected chi connectivity index (χ3v) is 8.18. The summed E-state index contributed by atoms with van der Waals surface area (Å²) in [7, 11) is 0.649. The Bertz CT molecular complexity index is 1500. The maximum absolute atomic E-state index is 13.7. The van der Waals surface area contributed by atoms with Crippen LogP contribution in [0.15, 0.2) is 48.8 Å². The van der Waals surface area contributed by atoms with Crippen LogP contribution < -0.4 is 9.47 Å². The molecular weight excluding hydrogens is 508 g/mol. The molecule has 1 aromatic carbocycles. The second-order valence-electron chi connectivity index (χ2n) is 8.70. The van der Waals surface area contributed by atoms with Crippen LogP contribution in [-0.2, 0) is 20.3 Å². The van der Waals surface area contributed by atoms with E-state index in [0.29, 0.717) is 34.4 Å². The van der Waals surface area contributed by atoms with Crippen LogP contribution >= 0.6 is 0 Å². The van der Waals surface area contributed by atoms with Gasteiger partial charge in [-0.2, -0.15) is 0 Å². The molecule has 0 aliphatic rings. The molecule has 0 saturated carbocycles. The minimum absolute atomic E-state index is 0.169. The Morgan fingerprint density at radius 2 is 1.58 bits per heavy atom. The van der Waals surface area contributed by atoms with Crippen molar-refractivity contribution in [2.75, 3.05) is 21.3 Å². The molecule has 0 radical (unpaired) electrons. The van der Waals surface area contributed by atoms with E-state index >= 15 is 0 Å². The van der Waals surface area contributed by atoms with Crippen molar-refractivity contribution in [2.45, 2.75) is 37.9 Å². The van der Waals surface area contributed by atoms with Crippen molar-refractivity contribution >= 4 is 9.84 Å². The van der Waals surface area contributed by atoms with Gasteiger partial charge in [0.15, 0.2) is 21.5 Å². The van der Waals surface area contributed by atoms with Gasteiger partial charge in [0, 0.05) is 19.0 Å². The van der Waals surface area contributed by atoms with E-state index in [1.807, 2.05) is 19.1 Å². The Morgan fingerprint density at radius 3 is 2.16 bits per heavy atom.